The topological polar surface area (TPSA) is 20.2 Å². The summed E-state index contributed by atoms with van der Waals surface area (Å²) in [5.74, 6) is 0. The van der Waals surface area contributed by atoms with Crippen molar-refractivity contribution in [2.45, 2.75) is 20.5 Å². The first kappa shape index (κ1) is 10.4. The van der Waals surface area contributed by atoms with Crippen LogP contribution in [0.25, 0.3) is 10.4 Å². The van der Waals surface area contributed by atoms with Crippen LogP contribution in [0.4, 0.5) is 0 Å². The van der Waals surface area contributed by atoms with Crippen LogP contribution >= 0.6 is 11.3 Å². The average Bonchev–Trinajstić information content (AvgIpc) is 2.64. The summed E-state index contributed by atoms with van der Waals surface area (Å²) >= 11 is 1.74. The molecular weight excluding hydrogens is 204 g/mol. The highest BCUT2D eigenvalue weighted by atomic mass is 32.1. The van der Waals surface area contributed by atoms with Crippen LogP contribution in [-0.4, -0.2) is 5.11 Å². The molecular formula is C13H14OS. The monoisotopic (exact) mass is 218 g/mol. The van der Waals surface area contributed by atoms with Gasteiger partial charge >= 0.3 is 0 Å². The molecule has 2 aromatic rings. The molecule has 0 atom stereocenters. The molecule has 2 heteroatoms. The lowest BCUT2D eigenvalue weighted by Gasteiger charge is -2.08. The lowest BCUT2D eigenvalue weighted by molar-refractivity contribution is 0.282. The summed E-state index contributed by atoms with van der Waals surface area (Å²) < 4.78 is 0. The molecule has 0 bridgehead atoms. The normalized spacial score (nSPS) is 10.6. The Morgan fingerprint density at radius 3 is 2.67 bits per heavy atom. The highest BCUT2D eigenvalue weighted by molar-refractivity contribution is 7.13. The van der Waals surface area contributed by atoms with Gasteiger partial charge in [-0.05, 0) is 42.0 Å². The van der Waals surface area contributed by atoms with Crippen molar-refractivity contribution in [3.8, 4) is 10.4 Å². The summed E-state index contributed by atoms with van der Waals surface area (Å²) in [6, 6.07) is 8.23. The predicted molar refractivity (Wildman–Crippen MR) is 65.2 cm³/mol. The number of aliphatic hydroxyl groups excluding tert-OH is 1. The van der Waals surface area contributed by atoms with Gasteiger partial charge in [0.1, 0.15) is 0 Å². The summed E-state index contributed by atoms with van der Waals surface area (Å²) in [6.45, 7) is 4.29. The van der Waals surface area contributed by atoms with Crippen LogP contribution in [0, 0.1) is 13.8 Å². The Hall–Kier alpha value is -1.12. The number of rotatable bonds is 2. The van der Waals surface area contributed by atoms with Crippen LogP contribution in [0.5, 0.6) is 0 Å². The van der Waals surface area contributed by atoms with E-state index in [1.807, 2.05) is 12.1 Å². The highest BCUT2D eigenvalue weighted by Crippen LogP contribution is 2.32. The summed E-state index contributed by atoms with van der Waals surface area (Å²) in [5, 5.41) is 11.5. The van der Waals surface area contributed by atoms with E-state index in [9.17, 15) is 5.11 Å². The molecule has 0 aliphatic heterocycles. The fourth-order valence-electron chi connectivity index (χ4n) is 1.78. The van der Waals surface area contributed by atoms with E-state index in [-0.39, 0.29) is 6.61 Å². The Morgan fingerprint density at radius 2 is 2.07 bits per heavy atom. The number of thiophene rings is 1. The van der Waals surface area contributed by atoms with Gasteiger partial charge in [0.15, 0.2) is 0 Å². The molecule has 0 fully saturated rings. The van der Waals surface area contributed by atoms with Crippen LogP contribution in [-0.2, 0) is 6.61 Å². The van der Waals surface area contributed by atoms with Crippen molar-refractivity contribution in [1.29, 1.82) is 0 Å². The van der Waals surface area contributed by atoms with Crippen LogP contribution in [0.1, 0.15) is 16.7 Å². The van der Waals surface area contributed by atoms with E-state index in [0.29, 0.717) is 0 Å². The van der Waals surface area contributed by atoms with Crippen molar-refractivity contribution in [2.24, 2.45) is 0 Å². The molecule has 1 aromatic heterocycles. The molecule has 1 N–H and O–H groups in total. The molecule has 0 radical (unpaired) electrons. The summed E-state index contributed by atoms with van der Waals surface area (Å²) in [5.41, 5.74) is 4.71. The second kappa shape index (κ2) is 4.17. The number of aliphatic hydroxyl groups is 1. The van der Waals surface area contributed by atoms with Crippen molar-refractivity contribution >= 4 is 11.3 Å². The lowest BCUT2D eigenvalue weighted by atomic mass is 10.0. The molecule has 0 unspecified atom stereocenters. The van der Waals surface area contributed by atoms with Gasteiger partial charge in [-0.25, -0.2) is 0 Å². The molecule has 0 spiro atoms. The maximum atomic E-state index is 9.32. The number of benzene rings is 1. The van der Waals surface area contributed by atoms with Crippen molar-refractivity contribution in [3.05, 3.63) is 46.3 Å². The molecule has 15 heavy (non-hydrogen) atoms. The quantitative estimate of drug-likeness (QED) is 0.817. The third-order valence-electron chi connectivity index (χ3n) is 2.51. The van der Waals surface area contributed by atoms with Gasteiger partial charge in [0.25, 0.3) is 0 Å². The lowest BCUT2D eigenvalue weighted by Crippen LogP contribution is -1.90. The summed E-state index contributed by atoms with van der Waals surface area (Å²) in [4.78, 5) is 1.25. The first-order valence-electron chi connectivity index (χ1n) is 4.97. The smallest absolute Gasteiger partial charge is 0.0688 e. The summed E-state index contributed by atoms with van der Waals surface area (Å²) in [6.07, 6.45) is 0. The van der Waals surface area contributed by atoms with Gasteiger partial charge in [-0.1, -0.05) is 18.2 Å². The molecule has 0 aliphatic carbocycles. The molecule has 0 saturated heterocycles. The molecule has 78 valence electrons. The second-order valence-electron chi connectivity index (χ2n) is 3.76. The van der Waals surface area contributed by atoms with E-state index in [1.165, 1.54) is 21.6 Å². The zero-order chi connectivity index (χ0) is 10.8. The first-order chi connectivity index (χ1) is 7.22. The van der Waals surface area contributed by atoms with Gasteiger partial charge in [0.2, 0.25) is 0 Å². The number of hydrogen-bond donors (Lipinski definition) is 1. The zero-order valence-electron chi connectivity index (χ0n) is 8.95. The molecule has 1 heterocycles. The first-order valence-corrected chi connectivity index (χ1v) is 5.85. The zero-order valence-corrected chi connectivity index (χ0v) is 9.77. The maximum absolute atomic E-state index is 9.32. The van der Waals surface area contributed by atoms with Crippen LogP contribution in [0.3, 0.4) is 0 Å². The number of aryl methyl sites for hydroxylation is 2. The highest BCUT2D eigenvalue weighted by Gasteiger charge is 2.08. The van der Waals surface area contributed by atoms with Crippen molar-refractivity contribution in [2.75, 3.05) is 0 Å². The van der Waals surface area contributed by atoms with Gasteiger partial charge in [-0.2, -0.15) is 0 Å². The van der Waals surface area contributed by atoms with Crippen LogP contribution in [0.2, 0.25) is 0 Å². The van der Waals surface area contributed by atoms with Gasteiger partial charge < -0.3 is 5.11 Å². The van der Waals surface area contributed by atoms with Gasteiger partial charge in [0, 0.05) is 10.4 Å². The standard InChI is InChI=1S/C13H14OS/c1-9-6-12(15-8-9)13-10(2)4-3-5-11(13)7-14/h3-6,8,14H,7H2,1-2H3. The second-order valence-corrected chi connectivity index (χ2v) is 4.67. The average molecular weight is 218 g/mol. The van der Waals surface area contributed by atoms with Crippen LogP contribution in [0.15, 0.2) is 29.6 Å². The van der Waals surface area contributed by atoms with E-state index in [1.54, 1.807) is 11.3 Å². The molecule has 0 aliphatic rings. The van der Waals surface area contributed by atoms with E-state index in [2.05, 4.69) is 31.4 Å². The SMILES string of the molecule is Cc1csc(-c2c(C)cccc2CO)c1. The van der Waals surface area contributed by atoms with E-state index in [0.717, 1.165) is 5.56 Å². The maximum Gasteiger partial charge on any atom is 0.0688 e. The molecule has 2 rings (SSSR count). The minimum atomic E-state index is 0.105. The van der Waals surface area contributed by atoms with E-state index >= 15 is 0 Å². The third kappa shape index (κ3) is 1.96. The fourth-order valence-corrected chi connectivity index (χ4v) is 2.82. The van der Waals surface area contributed by atoms with Crippen LogP contribution < -0.4 is 0 Å². The summed E-state index contributed by atoms with van der Waals surface area (Å²) in [7, 11) is 0. The Morgan fingerprint density at radius 1 is 1.27 bits per heavy atom. The van der Waals surface area contributed by atoms with E-state index in [4.69, 9.17) is 0 Å². The predicted octanol–water partition coefficient (Wildman–Crippen LogP) is 3.52. The Labute approximate surface area is 94.0 Å². The Balaban J connectivity index is 2.60. The van der Waals surface area contributed by atoms with Crippen molar-refractivity contribution in [3.63, 3.8) is 0 Å². The Bertz CT molecular complexity index is 471. The molecule has 1 aromatic carbocycles. The van der Waals surface area contributed by atoms with Crippen molar-refractivity contribution < 1.29 is 5.11 Å². The van der Waals surface area contributed by atoms with Gasteiger partial charge in [0.05, 0.1) is 6.61 Å². The number of hydrogen-bond acceptors (Lipinski definition) is 2. The minimum Gasteiger partial charge on any atom is -0.392 e. The van der Waals surface area contributed by atoms with Gasteiger partial charge in [-0.15, -0.1) is 11.3 Å². The largest absolute Gasteiger partial charge is 0.392 e. The van der Waals surface area contributed by atoms with Crippen molar-refractivity contribution in [1.82, 2.24) is 0 Å². The molecule has 0 amide bonds. The molecule has 1 nitrogen and oxygen atoms in total. The fraction of sp³-hybridized carbons (Fsp3) is 0.231. The third-order valence-corrected chi connectivity index (χ3v) is 3.57. The molecule has 0 saturated carbocycles. The Kier molecular flexibility index (Phi) is 2.89. The minimum absolute atomic E-state index is 0.105. The van der Waals surface area contributed by atoms with E-state index < -0.39 is 0 Å². The van der Waals surface area contributed by atoms with Gasteiger partial charge in [-0.3, -0.25) is 0 Å².